The van der Waals surface area contributed by atoms with Gasteiger partial charge >= 0.3 is 6.03 Å². The van der Waals surface area contributed by atoms with Gasteiger partial charge in [0.25, 0.3) is 0 Å². The van der Waals surface area contributed by atoms with E-state index in [4.69, 9.17) is 5.11 Å². The lowest BCUT2D eigenvalue weighted by atomic mass is 10.1. The van der Waals surface area contributed by atoms with Crippen LogP contribution in [-0.2, 0) is 13.0 Å². The quantitative estimate of drug-likeness (QED) is 0.515. The Balaban J connectivity index is 1.56. The van der Waals surface area contributed by atoms with Gasteiger partial charge in [-0.2, -0.15) is 0 Å². The average molecular weight is 330 g/mol. The van der Waals surface area contributed by atoms with Gasteiger partial charge in [0.1, 0.15) is 0 Å². The van der Waals surface area contributed by atoms with E-state index in [-0.39, 0.29) is 12.6 Å². The van der Waals surface area contributed by atoms with Gasteiger partial charge in [0.15, 0.2) is 0 Å². The lowest BCUT2D eigenvalue weighted by Crippen LogP contribution is -2.37. The monoisotopic (exact) mass is 330 g/mol. The molecule has 122 valence electrons. The van der Waals surface area contributed by atoms with Crippen LogP contribution in [-0.4, -0.2) is 30.0 Å². The van der Waals surface area contributed by atoms with E-state index in [0.717, 1.165) is 23.3 Å². The summed E-state index contributed by atoms with van der Waals surface area (Å²) in [5.74, 6) is 0.847. The van der Waals surface area contributed by atoms with Crippen molar-refractivity contribution in [2.75, 3.05) is 18.8 Å². The van der Waals surface area contributed by atoms with Crippen molar-refractivity contribution in [3.63, 3.8) is 0 Å². The second-order valence-electron chi connectivity index (χ2n) is 5.07. The molecule has 0 aromatic heterocycles. The second-order valence-corrected chi connectivity index (χ2v) is 6.24. The molecule has 2 rings (SSSR count). The zero-order chi connectivity index (χ0) is 16.3. The molecule has 5 heteroatoms. The molecule has 2 aromatic carbocycles. The summed E-state index contributed by atoms with van der Waals surface area (Å²) in [6.45, 7) is 1.29. The van der Waals surface area contributed by atoms with Gasteiger partial charge < -0.3 is 15.7 Å². The minimum atomic E-state index is -0.134. The van der Waals surface area contributed by atoms with E-state index in [1.807, 2.05) is 42.5 Å². The Morgan fingerprint density at radius 2 is 1.57 bits per heavy atom. The highest BCUT2D eigenvalue weighted by Crippen LogP contribution is 2.15. The summed E-state index contributed by atoms with van der Waals surface area (Å²) in [5, 5.41) is 14.7. The predicted molar refractivity (Wildman–Crippen MR) is 94.6 cm³/mol. The number of aliphatic hydroxyl groups is 1. The van der Waals surface area contributed by atoms with Crippen molar-refractivity contribution in [1.82, 2.24) is 10.6 Å². The van der Waals surface area contributed by atoms with Crippen molar-refractivity contribution in [2.24, 2.45) is 0 Å². The van der Waals surface area contributed by atoms with Crippen LogP contribution in [0.4, 0.5) is 4.79 Å². The third-order valence-corrected chi connectivity index (χ3v) is 4.32. The summed E-state index contributed by atoms with van der Waals surface area (Å²) in [4.78, 5) is 12.9. The van der Waals surface area contributed by atoms with Crippen molar-refractivity contribution in [3.8, 4) is 0 Å². The van der Waals surface area contributed by atoms with Crippen molar-refractivity contribution in [2.45, 2.75) is 17.9 Å². The molecule has 2 aromatic rings. The maximum absolute atomic E-state index is 11.7. The van der Waals surface area contributed by atoms with Crippen LogP contribution in [0.5, 0.6) is 0 Å². The Morgan fingerprint density at radius 1 is 0.913 bits per heavy atom. The van der Waals surface area contributed by atoms with E-state index in [1.165, 1.54) is 4.90 Å². The summed E-state index contributed by atoms with van der Waals surface area (Å²) in [7, 11) is 0. The Labute approximate surface area is 141 Å². The first kappa shape index (κ1) is 17.4. The summed E-state index contributed by atoms with van der Waals surface area (Å²) in [5.41, 5.74) is 2.04. The molecule has 2 amide bonds. The van der Waals surface area contributed by atoms with Gasteiger partial charge in [-0.25, -0.2) is 4.79 Å². The van der Waals surface area contributed by atoms with Crippen LogP contribution in [0, 0.1) is 0 Å². The topological polar surface area (TPSA) is 61.4 Å². The van der Waals surface area contributed by atoms with Crippen LogP contribution >= 0.6 is 11.8 Å². The van der Waals surface area contributed by atoms with Crippen LogP contribution in [0.2, 0.25) is 0 Å². The number of carbonyl (C=O) groups excluding carboxylic acids is 1. The molecule has 0 saturated carbocycles. The molecule has 4 nitrogen and oxygen atoms in total. The van der Waals surface area contributed by atoms with Crippen molar-refractivity contribution < 1.29 is 9.90 Å². The van der Waals surface area contributed by atoms with Crippen LogP contribution in [0.3, 0.4) is 0 Å². The van der Waals surface area contributed by atoms with E-state index in [0.29, 0.717) is 13.1 Å². The number of rotatable bonds is 8. The number of carbonyl (C=O) groups is 1. The molecule has 0 aliphatic carbocycles. The second kappa shape index (κ2) is 9.92. The van der Waals surface area contributed by atoms with Crippen LogP contribution in [0.15, 0.2) is 59.5 Å². The summed E-state index contributed by atoms with van der Waals surface area (Å²) < 4.78 is 0. The maximum Gasteiger partial charge on any atom is 0.314 e. The normalized spacial score (nSPS) is 10.3. The van der Waals surface area contributed by atoms with Crippen LogP contribution in [0.25, 0.3) is 0 Å². The number of hydrogen-bond donors (Lipinski definition) is 3. The molecule has 3 N–H and O–H groups in total. The van der Waals surface area contributed by atoms with Gasteiger partial charge in [-0.1, -0.05) is 42.5 Å². The number of aliphatic hydroxyl groups excluding tert-OH is 1. The number of thioether (sulfide) groups is 1. The molecule has 0 aliphatic heterocycles. The standard InChI is InChI=1S/C18H22N2O2S/c21-14-16-8-6-15(7-9-16)10-11-19-18(22)20-12-13-23-17-4-2-1-3-5-17/h1-9,21H,10-14H2,(H2,19,20,22). The molecule has 0 spiro atoms. The first-order valence-electron chi connectivity index (χ1n) is 7.66. The summed E-state index contributed by atoms with van der Waals surface area (Å²) in [6.07, 6.45) is 0.776. The zero-order valence-electron chi connectivity index (χ0n) is 13.0. The highest BCUT2D eigenvalue weighted by molar-refractivity contribution is 7.99. The lowest BCUT2D eigenvalue weighted by molar-refractivity contribution is 0.241. The third-order valence-electron chi connectivity index (χ3n) is 3.30. The lowest BCUT2D eigenvalue weighted by Gasteiger charge is -2.08. The molecule has 0 radical (unpaired) electrons. The molecule has 0 aliphatic rings. The zero-order valence-corrected chi connectivity index (χ0v) is 13.8. The summed E-state index contributed by atoms with van der Waals surface area (Å²) in [6, 6.07) is 17.7. The highest BCUT2D eigenvalue weighted by atomic mass is 32.2. The molecule has 0 heterocycles. The van der Waals surface area contributed by atoms with Gasteiger partial charge in [-0.15, -0.1) is 11.8 Å². The minimum Gasteiger partial charge on any atom is -0.392 e. The average Bonchev–Trinajstić information content (AvgIpc) is 2.60. The largest absolute Gasteiger partial charge is 0.392 e. The number of hydrogen-bond acceptors (Lipinski definition) is 3. The smallest absolute Gasteiger partial charge is 0.314 e. The fraction of sp³-hybridized carbons (Fsp3) is 0.278. The Morgan fingerprint density at radius 3 is 2.26 bits per heavy atom. The fourth-order valence-corrected chi connectivity index (χ4v) is 2.83. The first-order chi connectivity index (χ1) is 11.3. The molecular formula is C18H22N2O2S. The first-order valence-corrected chi connectivity index (χ1v) is 8.65. The number of urea groups is 1. The fourth-order valence-electron chi connectivity index (χ4n) is 2.04. The van der Waals surface area contributed by atoms with Gasteiger partial charge in [0.2, 0.25) is 0 Å². The van der Waals surface area contributed by atoms with Gasteiger partial charge in [-0.3, -0.25) is 0 Å². The summed E-state index contributed by atoms with van der Waals surface area (Å²) >= 11 is 1.72. The van der Waals surface area contributed by atoms with Gasteiger partial charge in [-0.05, 0) is 29.7 Å². The van der Waals surface area contributed by atoms with Crippen molar-refractivity contribution in [1.29, 1.82) is 0 Å². The maximum atomic E-state index is 11.7. The van der Waals surface area contributed by atoms with Gasteiger partial charge in [0.05, 0.1) is 6.61 Å². The van der Waals surface area contributed by atoms with E-state index in [1.54, 1.807) is 11.8 Å². The Hall–Kier alpha value is -1.98. The van der Waals surface area contributed by atoms with E-state index >= 15 is 0 Å². The minimum absolute atomic E-state index is 0.0575. The third kappa shape index (κ3) is 6.76. The van der Waals surface area contributed by atoms with Crippen molar-refractivity contribution >= 4 is 17.8 Å². The Bertz CT molecular complexity index is 588. The number of amides is 2. The highest BCUT2D eigenvalue weighted by Gasteiger charge is 2.00. The van der Waals surface area contributed by atoms with Crippen LogP contribution in [0.1, 0.15) is 11.1 Å². The Kier molecular flexibility index (Phi) is 7.49. The number of nitrogens with one attached hydrogen (secondary N) is 2. The van der Waals surface area contributed by atoms with E-state index in [9.17, 15) is 4.79 Å². The molecule has 0 atom stereocenters. The predicted octanol–water partition coefficient (Wildman–Crippen LogP) is 2.81. The van der Waals surface area contributed by atoms with Crippen molar-refractivity contribution in [3.05, 3.63) is 65.7 Å². The molecule has 0 fully saturated rings. The SMILES string of the molecule is O=C(NCCSc1ccccc1)NCCc1ccc(CO)cc1. The van der Waals surface area contributed by atoms with E-state index < -0.39 is 0 Å². The molecule has 23 heavy (non-hydrogen) atoms. The molecule has 0 unspecified atom stereocenters. The van der Waals surface area contributed by atoms with Gasteiger partial charge in [0, 0.05) is 23.7 Å². The molecule has 0 bridgehead atoms. The van der Waals surface area contributed by atoms with E-state index in [2.05, 4.69) is 22.8 Å². The van der Waals surface area contributed by atoms with Crippen LogP contribution < -0.4 is 10.6 Å². The molecule has 0 saturated heterocycles. The number of benzene rings is 2. The molecular weight excluding hydrogens is 308 g/mol.